The lowest BCUT2D eigenvalue weighted by molar-refractivity contribution is -0.122. The highest BCUT2D eigenvalue weighted by Crippen LogP contribution is 2.17. The van der Waals surface area contributed by atoms with Gasteiger partial charge in [-0.2, -0.15) is 0 Å². The highest BCUT2D eigenvalue weighted by molar-refractivity contribution is 5.80. The van der Waals surface area contributed by atoms with Crippen LogP contribution in [0.3, 0.4) is 0 Å². The lowest BCUT2D eigenvalue weighted by Crippen LogP contribution is -2.37. The summed E-state index contributed by atoms with van der Waals surface area (Å²) in [5.74, 6) is -0.592. The summed E-state index contributed by atoms with van der Waals surface area (Å²) in [6.45, 7) is -0.0407. The van der Waals surface area contributed by atoms with Crippen molar-refractivity contribution < 1.29 is 9.18 Å². The van der Waals surface area contributed by atoms with Crippen LogP contribution >= 0.6 is 0 Å². The van der Waals surface area contributed by atoms with Gasteiger partial charge in [0.25, 0.3) is 0 Å². The Balaban J connectivity index is 1.81. The molecule has 1 amide bonds. The zero-order chi connectivity index (χ0) is 14.1. The van der Waals surface area contributed by atoms with Crippen molar-refractivity contribution in [2.45, 2.75) is 38.3 Å². The summed E-state index contributed by atoms with van der Waals surface area (Å²) in [6, 6.07) is 4.26. The summed E-state index contributed by atoms with van der Waals surface area (Å²) in [4.78, 5) is 26.4. The van der Waals surface area contributed by atoms with E-state index < -0.39 is 11.5 Å². The first-order chi connectivity index (χ1) is 9.63. The third-order valence-electron chi connectivity index (χ3n) is 3.76. The van der Waals surface area contributed by atoms with E-state index in [1.807, 2.05) is 0 Å². The van der Waals surface area contributed by atoms with E-state index in [1.165, 1.54) is 22.8 Å². The molecule has 20 heavy (non-hydrogen) atoms. The lowest BCUT2D eigenvalue weighted by Gasteiger charge is -2.12. The van der Waals surface area contributed by atoms with E-state index >= 15 is 0 Å². The van der Waals surface area contributed by atoms with Gasteiger partial charge < -0.3 is 10.3 Å². The van der Waals surface area contributed by atoms with E-state index in [1.54, 1.807) is 0 Å². The minimum atomic E-state index is -0.415. The highest BCUT2D eigenvalue weighted by Gasteiger charge is 2.18. The van der Waals surface area contributed by atoms with Gasteiger partial charge in [-0.05, 0) is 31.0 Å². The van der Waals surface area contributed by atoms with E-state index in [9.17, 15) is 14.0 Å². The first-order valence-corrected chi connectivity index (χ1v) is 6.81. The third-order valence-corrected chi connectivity index (χ3v) is 3.76. The number of carbonyl (C=O) groups excluding carboxylic acids is 1. The van der Waals surface area contributed by atoms with Gasteiger partial charge in [-0.25, -0.2) is 9.18 Å². The average molecular weight is 277 g/mol. The van der Waals surface area contributed by atoms with Crippen molar-refractivity contribution in [3.63, 3.8) is 0 Å². The molecule has 0 unspecified atom stereocenters. The molecule has 5 nitrogen and oxygen atoms in total. The SMILES string of the molecule is O=C(Cn1c(=O)[nH]c2cc(F)ccc21)NC1CCCC1. The normalized spacial score (nSPS) is 15.8. The van der Waals surface area contributed by atoms with E-state index in [2.05, 4.69) is 10.3 Å². The Kier molecular flexibility index (Phi) is 3.30. The van der Waals surface area contributed by atoms with Crippen LogP contribution in [0, 0.1) is 5.82 Å². The van der Waals surface area contributed by atoms with Crippen LogP contribution in [-0.2, 0) is 11.3 Å². The summed E-state index contributed by atoms with van der Waals surface area (Å²) >= 11 is 0. The second-order valence-corrected chi connectivity index (χ2v) is 5.23. The molecule has 1 saturated carbocycles. The summed E-state index contributed by atoms with van der Waals surface area (Å²) < 4.78 is 14.4. The maximum atomic E-state index is 13.1. The zero-order valence-electron chi connectivity index (χ0n) is 11.0. The summed E-state index contributed by atoms with van der Waals surface area (Å²) in [6.07, 6.45) is 4.27. The number of nitrogens with one attached hydrogen (secondary N) is 2. The maximum absolute atomic E-state index is 13.1. The molecule has 0 aliphatic heterocycles. The Morgan fingerprint density at radius 1 is 1.40 bits per heavy atom. The summed E-state index contributed by atoms with van der Waals surface area (Å²) in [7, 11) is 0. The predicted molar refractivity (Wildman–Crippen MR) is 72.9 cm³/mol. The molecular formula is C14H16FN3O2. The molecule has 1 aliphatic rings. The van der Waals surface area contributed by atoms with Crippen LogP contribution in [0.2, 0.25) is 0 Å². The van der Waals surface area contributed by atoms with Gasteiger partial charge in [0.05, 0.1) is 11.0 Å². The van der Waals surface area contributed by atoms with Crippen molar-refractivity contribution in [1.82, 2.24) is 14.9 Å². The number of aromatic nitrogens is 2. The molecule has 1 aromatic heterocycles. The fraction of sp³-hybridized carbons (Fsp3) is 0.429. The van der Waals surface area contributed by atoms with Crippen LogP contribution in [0.4, 0.5) is 4.39 Å². The smallest absolute Gasteiger partial charge is 0.326 e. The van der Waals surface area contributed by atoms with E-state index in [0.29, 0.717) is 11.0 Å². The summed E-state index contributed by atoms with van der Waals surface area (Å²) in [5.41, 5.74) is 0.550. The van der Waals surface area contributed by atoms with Crippen molar-refractivity contribution in [3.05, 3.63) is 34.5 Å². The number of amides is 1. The zero-order valence-corrected chi connectivity index (χ0v) is 11.0. The number of nitrogens with zero attached hydrogens (tertiary/aromatic N) is 1. The van der Waals surface area contributed by atoms with E-state index in [4.69, 9.17) is 0 Å². The van der Waals surface area contributed by atoms with Gasteiger partial charge >= 0.3 is 5.69 Å². The molecule has 2 aromatic rings. The molecule has 0 radical (unpaired) electrons. The number of hydrogen-bond acceptors (Lipinski definition) is 2. The van der Waals surface area contributed by atoms with Crippen molar-refractivity contribution in [3.8, 4) is 0 Å². The minimum Gasteiger partial charge on any atom is -0.352 e. The molecule has 3 rings (SSSR count). The number of carbonyl (C=O) groups is 1. The number of imidazole rings is 1. The van der Waals surface area contributed by atoms with Gasteiger partial charge in [0.2, 0.25) is 5.91 Å². The third kappa shape index (κ3) is 2.45. The monoisotopic (exact) mass is 277 g/mol. The number of rotatable bonds is 3. The molecule has 2 N–H and O–H groups in total. The van der Waals surface area contributed by atoms with Crippen LogP contribution in [-0.4, -0.2) is 21.5 Å². The minimum absolute atomic E-state index is 0.0407. The molecule has 1 aromatic carbocycles. The van der Waals surface area contributed by atoms with Crippen LogP contribution < -0.4 is 11.0 Å². The molecule has 0 atom stereocenters. The number of halogens is 1. The molecule has 106 valence electrons. The standard InChI is InChI=1S/C14H16FN3O2/c15-9-5-6-12-11(7-9)17-14(20)18(12)8-13(19)16-10-3-1-2-4-10/h5-7,10H,1-4,8H2,(H,16,19)(H,17,20). The van der Waals surface area contributed by atoms with Gasteiger partial charge in [-0.15, -0.1) is 0 Å². The number of benzene rings is 1. The summed E-state index contributed by atoms with van der Waals surface area (Å²) in [5, 5.41) is 2.93. The molecular weight excluding hydrogens is 261 g/mol. The Bertz CT molecular complexity index is 698. The number of hydrogen-bond donors (Lipinski definition) is 2. The van der Waals surface area contributed by atoms with Crippen LogP contribution in [0.5, 0.6) is 0 Å². The van der Waals surface area contributed by atoms with Gasteiger partial charge in [-0.3, -0.25) is 9.36 Å². The van der Waals surface area contributed by atoms with Gasteiger partial charge in [0, 0.05) is 6.04 Å². The first-order valence-electron chi connectivity index (χ1n) is 6.81. The predicted octanol–water partition coefficient (Wildman–Crippen LogP) is 1.53. The largest absolute Gasteiger partial charge is 0.352 e. The van der Waals surface area contributed by atoms with Crippen LogP contribution in [0.15, 0.2) is 23.0 Å². The molecule has 1 fully saturated rings. The second-order valence-electron chi connectivity index (χ2n) is 5.23. The van der Waals surface area contributed by atoms with Crippen molar-refractivity contribution in [2.24, 2.45) is 0 Å². The lowest BCUT2D eigenvalue weighted by atomic mass is 10.2. The van der Waals surface area contributed by atoms with Gasteiger partial charge in [0.1, 0.15) is 12.4 Å². The molecule has 1 heterocycles. The molecule has 0 saturated heterocycles. The fourth-order valence-electron chi connectivity index (χ4n) is 2.78. The Morgan fingerprint density at radius 2 is 2.15 bits per heavy atom. The van der Waals surface area contributed by atoms with Crippen molar-refractivity contribution >= 4 is 16.9 Å². The van der Waals surface area contributed by atoms with Crippen LogP contribution in [0.25, 0.3) is 11.0 Å². The average Bonchev–Trinajstić information content (AvgIpc) is 2.98. The maximum Gasteiger partial charge on any atom is 0.326 e. The van der Waals surface area contributed by atoms with Crippen LogP contribution in [0.1, 0.15) is 25.7 Å². The Labute approximate surface area is 114 Å². The number of H-pyrrole nitrogens is 1. The molecule has 0 bridgehead atoms. The topological polar surface area (TPSA) is 66.9 Å². The van der Waals surface area contributed by atoms with Gasteiger partial charge in [0.15, 0.2) is 0 Å². The van der Waals surface area contributed by atoms with Crippen molar-refractivity contribution in [2.75, 3.05) is 0 Å². The fourth-order valence-corrected chi connectivity index (χ4v) is 2.78. The van der Waals surface area contributed by atoms with Crippen molar-refractivity contribution in [1.29, 1.82) is 0 Å². The number of aromatic amines is 1. The quantitative estimate of drug-likeness (QED) is 0.893. The highest BCUT2D eigenvalue weighted by atomic mass is 19.1. The molecule has 0 spiro atoms. The van der Waals surface area contributed by atoms with Gasteiger partial charge in [-0.1, -0.05) is 12.8 Å². The van der Waals surface area contributed by atoms with E-state index in [0.717, 1.165) is 25.7 Å². The Hall–Kier alpha value is -2.11. The molecule has 1 aliphatic carbocycles. The Morgan fingerprint density at radius 3 is 2.90 bits per heavy atom. The second kappa shape index (κ2) is 5.11. The van der Waals surface area contributed by atoms with E-state index in [-0.39, 0.29) is 18.5 Å². The first kappa shape index (κ1) is 12.9. The number of fused-ring (bicyclic) bond motifs is 1. The molecule has 6 heteroatoms.